The van der Waals surface area contributed by atoms with E-state index >= 15 is 0 Å². The summed E-state index contributed by atoms with van der Waals surface area (Å²) in [4.78, 5) is 2.77. The van der Waals surface area contributed by atoms with Gasteiger partial charge >= 0.3 is 0 Å². The molecule has 0 spiro atoms. The number of piperazine rings is 1. The molecule has 21 heavy (non-hydrogen) atoms. The van der Waals surface area contributed by atoms with Crippen LogP contribution in [0.25, 0.3) is 0 Å². The fourth-order valence-corrected chi connectivity index (χ4v) is 3.69. The van der Waals surface area contributed by atoms with Crippen LogP contribution in [0, 0.1) is 11.3 Å². The fraction of sp³-hybridized carbons (Fsp3) is 0.684. The molecule has 3 rings (SSSR count). The molecule has 0 radical (unpaired) electrons. The monoisotopic (exact) mass is 286 g/mol. The molecule has 1 N–H and O–H groups in total. The molecule has 2 heteroatoms. The molecule has 2 fully saturated rings. The summed E-state index contributed by atoms with van der Waals surface area (Å²) in [6.07, 6.45) is 4.20. The van der Waals surface area contributed by atoms with Crippen molar-refractivity contribution in [1.82, 2.24) is 10.2 Å². The zero-order valence-corrected chi connectivity index (χ0v) is 13.8. The molecule has 1 aliphatic heterocycles. The van der Waals surface area contributed by atoms with Gasteiger partial charge in [0.15, 0.2) is 0 Å². The van der Waals surface area contributed by atoms with Crippen LogP contribution in [0.3, 0.4) is 0 Å². The van der Waals surface area contributed by atoms with Crippen LogP contribution in [-0.4, -0.2) is 30.6 Å². The Morgan fingerprint density at radius 3 is 2.52 bits per heavy atom. The van der Waals surface area contributed by atoms with E-state index in [4.69, 9.17) is 0 Å². The van der Waals surface area contributed by atoms with E-state index in [0.717, 1.165) is 6.54 Å². The summed E-state index contributed by atoms with van der Waals surface area (Å²) < 4.78 is 0. The number of hydrogen-bond acceptors (Lipinski definition) is 2. The lowest BCUT2D eigenvalue weighted by atomic mass is 9.93. The molecular formula is C19H30N2. The molecule has 0 amide bonds. The van der Waals surface area contributed by atoms with Gasteiger partial charge in [-0.25, -0.2) is 0 Å². The van der Waals surface area contributed by atoms with E-state index in [1.165, 1.54) is 37.9 Å². The Bertz CT molecular complexity index is 450. The van der Waals surface area contributed by atoms with E-state index in [9.17, 15) is 0 Å². The highest BCUT2D eigenvalue weighted by atomic mass is 15.2. The van der Waals surface area contributed by atoms with E-state index in [-0.39, 0.29) is 0 Å². The lowest BCUT2D eigenvalue weighted by Gasteiger charge is -2.43. The summed E-state index contributed by atoms with van der Waals surface area (Å²) in [6, 6.07) is 12.2. The lowest BCUT2D eigenvalue weighted by Crippen LogP contribution is -2.55. The van der Waals surface area contributed by atoms with Crippen LogP contribution < -0.4 is 5.32 Å². The van der Waals surface area contributed by atoms with E-state index in [1.807, 2.05) is 0 Å². The highest BCUT2D eigenvalue weighted by molar-refractivity contribution is 5.20. The Kier molecular flexibility index (Phi) is 4.37. The largest absolute Gasteiger partial charge is 0.311 e. The third-order valence-electron chi connectivity index (χ3n) is 5.68. The second-order valence-electron chi connectivity index (χ2n) is 7.47. The van der Waals surface area contributed by atoms with Crippen molar-refractivity contribution < 1.29 is 0 Å². The lowest BCUT2D eigenvalue weighted by molar-refractivity contribution is 0.0886. The molecule has 1 saturated heterocycles. The number of nitrogens with one attached hydrogen (secondary N) is 1. The quantitative estimate of drug-likeness (QED) is 0.884. The average molecular weight is 286 g/mol. The van der Waals surface area contributed by atoms with Crippen LogP contribution in [0.4, 0.5) is 0 Å². The van der Waals surface area contributed by atoms with E-state index in [1.54, 1.807) is 0 Å². The Balaban J connectivity index is 1.77. The molecule has 1 saturated carbocycles. The van der Waals surface area contributed by atoms with Crippen LogP contribution in [-0.2, 0) is 0 Å². The predicted molar refractivity (Wildman–Crippen MR) is 89.3 cm³/mol. The van der Waals surface area contributed by atoms with Crippen molar-refractivity contribution in [1.29, 1.82) is 0 Å². The minimum absolute atomic E-state index is 0.547. The molecule has 1 aromatic rings. The molecule has 2 atom stereocenters. The average Bonchev–Trinajstić information content (AvgIpc) is 3.28. The van der Waals surface area contributed by atoms with Crippen molar-refractivity contribution in [2.45, 2.75) is 52.1 Å². The first kappa shape index (κ1) is 15.1. The number of nitrogens with zero attached hydrogens (tertiary/aromatic N) is 1. The summed E-state index contributed by atoms with van der Waals surface area (Å²) in [5.41, 5.74) is 2.10. The van der Waals surface area contributed by atoms with E-state index in [0.29, 0.717) is 23.4 Å². The van der Waals surface area contributed by atoms with Crippen molar-refractivity contribution in [3.8, 4) is 0 Å². The Morgan fingerprint density at radius 2 is 1.95 bits per heavy atom. The van der Waals surface area contributed by atoms with Gasteiger partial charge in [0.25, 0.3) is 0 Å². The first-order chi connectivity index (χ1) is 10.1. The molecule has 2 unspecified atom stereocenters. The Morgan fingerprint density at radius 1 is 1.24 bits per heavy atom. The number of rotatable bonds is 5. The Labute approximate surface area is 129 Å². The van der Waals surface area contributed by atoms with Gasteiger partial charge in [-0.05, 0) is 36.2 Å². The summed E-state index contributed by atoms with van der Waals surface area (Å²) in [7, 11) is 0. The van der Waals surface area contributed by atoms with Gasteiger partial charge in [-0.3, -0.25) is 4.90 Å². The van der Waals surface area contributed by atoms with Crippen molar-refractivity contribution in [3.63, 3.8) is 0 Å². The molecule has 1 heterocycles. The molecule has 0 aromatic heterocycles. The molecule has 0 bridgehead atoms. The van der Waals surface area contributed by atoms with Crippen LogP contribution in [0.15, 0.2) is 30.3 Å². The smallest absolute Gasteiger partial charge is 0.0473 e. The van der Waals surface area contributed by atoms with Gasteiger partial charge in [0, 0.05) is 31.7 Å². The molecule has 1 aliphatic carbocycles. The van der Waals surface area contributed by atoms with Gasteiger partial charge in [-0.15, -0.1) is 0 Å². The zero-order chi connectivity index (χ0) is 14.9. The number of benzene rings is 1. The van der Waals surface area contributed by atoms with Gasteiger partial charge in [0.05, 0.1) is 0 Å². The highest BCUT2D eigenvalue weighted by Gasteiger charge is 2.44. The normalized spacial score (nSPS) is 28.8. The molecular weight excluding hydrogens is 256 g/mol. The minimum atomic E-state index is 0.547. The highest BCUT2D eigenvalue weighted by Crippen LogP contribution is 2.50. The summed E-state index contributed by atoms with van der Waals surface area (Å²) >= 11 is 0. The van der Waals surface area contributed by atoms with Gasteiger partial charge < -0.3 is 5.32 Å². The maximum atomic E-state index is 3.78. The topological polar surface area (TPSA) is 15.3 Å². The predicted octanol–water partition coefficient (Wildman–Crippen LogP) is 3.85. The minimum Gasteiger partial charge on any atom is -0.311 e. The van der Waals surface area contributed by atoms with Gasteiger partial charge in [0.2, 0.25) is 0 Å². The van der Waals surface area contributed by atoms with Gasteiger partial charge in [-0.1, -0.05) is 51.1 Å². The van der Waals surface area contributed by atoms with E-state index < -0.39 is 0 Å². The second kappa shape index (κ2) is 6.10. The summed E-state index contributed by atoms with van der Waals surface area (Å²) in [5, 5.41) is 3.78. The standard InChI is InChI=1S/C19H30N2/c1-4-19(10-11-19)14-21-13-17(15(2)3)20-12-18(21)16-8-6-5-7-9-16/h5-9,15,17-18,20H,4,10-14H2,1-3H3. The first-order valence-corrected chi connectivity index (χ1v) is 8.66. The van der Waals surface area contributed by atoms with Crippen molar-refractivity contribution in [2.24, 2.45) is 11.3 Å². The molecule has 2 nitrogen and oxygen atoms in total. The maximum Gasteiger partial charge on any atom is 0.0473 e. The molecule has 116 valence electrons. The summed E-state index contributed by atoms with van der Waals surface area (Å²) in [5.74, 6) is 0.709. The third-order valence-corrected chi connectivity index (χ3v) is 5.68. The maximum absolute atomic E-state index is 3.78. The molecule has 2 aliphatic rings. The third kappa shape index (κ3) is 3.32. The molecule has 1 aromatic carbocycles. The van der Waals surface area contributed by atoms with Crippen LogP contribution in [0.5, 0.6) is 0 Å². The SMILES string of the molecule is CCC1(CN2CC(C(C)C)NCC2c2ccccc2)CC1. The van der Waals surface area contributed by atoms with Gasteiger partial charge in [-0.2, -0.15) is 0 Å². The zero-order valence-electron chi connectivity index (χ0n) is 13.8. The van der Waals surface area contributed by atoms with Crippen LogP contribution in [0.1, 0.15) is 51.6 Å². The first-order valence-electron chi connectivity index (χ1n) is 8.66. The van der Waals surface area contributed by atoms with Crippen LogP contribution >= 0.6 is 0 Å². The summed E-state index contributed by atoms with van der Waals surface area (Å²) in [6.45, 7) is 10.6. The second-order valence-corrected chi connectivity index (χ2v) is 7.47. The van der Waals surface area contributed by atoms with Crippen molar-refractivity contribution >= 4 is 0 Å². The number of hydrogen-bond donors (Lipinski definition) is 1. The van der Waals surface area contributed by atoms with Crippen molar-refractivity contribution in [3.05, 3.63) is 35.9 Å². The fourth-order valence-electron chi connectivity index (χ4n) is 3.69. The van der Waals surface area contributed by atoms with Crippen LogP contribution in [0.2, 0.25) is 0 Å². The van der Waals surface area contributed by atoms with Crippen molar-refractivity contribution in [2.75, 3.05) is 19.6 Å². The van der Waals surface area contributed by atoms with Gasteiger partial charge in [0.1, 0.15) is 0 Å². The Hall–Kier alpha value is -0.860. The van der Waals surface area contributed by atoms with E-state index in [2.05, 4.69) is 61.3 Å².